The fourth-order valence-corrected chi connectivity index (χ4v) is 4.41. The fraction of sp³-hybridized carbons (Fsp3) is 0.368. The molecule has 0 heterocycles. The molecule has 3 rings (SSSR count). The van der Waals surface area contributed by atoms with Gasteiger partial charge in [-0.15, -0.1) is 0 Å². The Hall–Kier alpha value is -1.69. The average Bonchev–Trinajstić information content (AvgIpc) is 2.58. The van der Waals surface area contributed by atoms with Crippen LogP contribution in [0.5, 0.6) is 0 Å². The molecule has 5 heteroatoms. The van der Waals surface area contributed by atoms with E-state index in [-0.39, 0.29) is 10.9 Å². The fourth-order valence-electron chi connectivity index (χ4n) is 3.10. The molecule has 0 unspecified atom stereocenters. The highest BCUT2D eigenvalue weighted by Crippen LogP contribution is 2.28. The van der Waals surface area contributed by atoms with Gasteiger partial charge in [0.15, 0.2) is 0 Å². The SMILES string of the molecule is CC1(O)CCC(NS(=O)(=O)c2ccc(-c3ccccc3)cc2)CC1. The maximum atomic E-state index is 12.5. The number of rotatable bonds is 4. The third-order valence-electron chi connectivity index (χ3n) is 4.66. The Morgan fingerprint density at radius 3 is 2.08 bits per heavy atom. The van der Waals surface area contributed by atoms with E-state index < -0.39 is 15.6 Å². The molecule has 2 aromatic rings. The van der Waals surface area contributed by atoms with Crippen LogP contribution in [0.1, 0.15) is 32.6 Å². The molecule has 2 aromatic carbocycles. The monoisotopic (exact) mass is 345 g/mol. The summed E-state index contributed by atoms with van der Waals surface area (Å²) in [5.41, 5.74) is 1.38. The Morgan fingerprint density at radius 1 is 0.958 bits per heavy atom. The topological polar surface area (TPSA) is 66.4 Å². The van der Waals surface area contributed by atoms with E-state index in [9.17, 15) is 13.5 Å². The molecule has 0 atom stereocenters. The van der Waals surface area contributed by atoms with Gasteiger partial charge in [-0.05, 0) is 55.9 Å². The van der Waals surface area contributed by atoms with Gasteiger partial charge in [0, 0.05) is 6.04 Å². The molecular formula is C19H23NO3S. The molecule has 2 N–H and O–H groups in total. The van der Waals surface area contributed by atoms with Crippen molar-refractivity contribution in [1.29, 1.82) is 0 Å². The first-order valence-corrected chi connectivity index (χ1v) is 9.74. The zero-order valence-electron chi connectivity index (χ0n) is 13.8. The van der Waals surface area contributed by atoms with Crippen molar-refractivity contribution in [1.82, 2.24) is 4.72 Å². The predicted octanol–water partition coefficient (Wildman–Crippen LogP) is 3.33. The van der Waals surface area contributed by atoms with Crippen molar-refractivity contribution >= 4 is 10.0 Å². The number of hydrogen-bond donors (Lipinski definition) is 2. The van der Waals surface area contributed by atoms with Crippen molar-refractivity contribution < 1.29 is 13.5 Å². The van der Waals surface area contributed by atoms with Gasteiger partial charge in [0.1, 0.15) is 0 Å². The van der Waals surface area contributed by atoms with E-state index in [0.29, 0.717) is 25.7 Å². The first-order valence-electron chi connectivity index (χ1n) is 8.26. The summed E-state index contributed by atoms with van der Waals surface area (Å²) in [5.74, 6) is 0. The standard InChI is InChI=1S/C19H23NO3S/c1-19(21)13-11-17(12-14-19)20-24(22,23)18-9-7-16(8-10-18)15-5-3-2-4-6-15/h2-10,17,20-21H,11-14H2,1H3. The van der Waals surface area contributed by atoms with E-state index in [1.165, 1.54) is 0 Å². The minimum absolute atomic E-state index is 0.107. The average molecular weight is 345 g/mol. The van der Waals surface area contributed by atoms with Crippen LogP contribution >= 0.6 is 0 Å². The number of sulfonamides is 1. The minimum atomic E-state index is -3.53. The van der Waals surface area contributed by atoms with E-state index in [4.69, 9.17) is 0 Å². The summed E-state index contributed by atoms with van der Waals surface area (Å²) in [4.78, 5) is 0.277. The summed E-state index contributed by atoms with van der Waals surface area (Å²) >= 11 is 0. The van der Waals surface area contributed by atoms with Crippen LogP contribution in [0.3, 0.4) is 0 Å². The lowest BCUT2D eigenvalue weighted by Crippen LogP contribution is -2.42. The second-order valence-electron chi connectivity index (χ2n) is 6.78. The smallest absolute Gasteiger partial charge is 0.240 e. The summed E-state index contributed by atoms with van der Waals surface area (Å²) < 4.78 is 27.8. The number of aliphatic hydroxyl groups is 1. The molecule has 1 fully saturated rings. The van der Waals surface area contributed by atoms with Crippen molar-refractivity contribution in [2.75, 3.05) is 0 Å². The lowest BCUT2D eigenvalue weighted by molar-refractivity contribution is 0.0163. The van der Waals surface area contributed by atoms with Gasteiger partial charge in [0.2, 0.25) is 10.0 Å². The summed E-state index contributed by atoms with van der Waals surface area (Å²) in [6.07, 6.45) is 2.56. The van der Waals surface area contributed by atoms with Crippen LogP contribution in [0.25, 0.3) is 11.1 Å². The predicted molar refractivity (Wildman–Crippen MR) is 95.1 cm³/mol. The van der Waals surface area contributed by atoms with Gasteiger partial charge in [-0.2, -0.15) is 0 Å². The van der Waals surface area contributed by atoms with Crippen molar-refractivity contribution in [2.45, 2.75) is 49.1 Å². The molecule has 0 amide bonds. The molecule has 4 nitrogen and oxygen atoms in total. The van der Waals surface area contributed by atoms with Crippen molar-refractivity contribution in [3.05, 3.63) is 54.6 Å². The Balaban J connectivity index is 1.71. The molecule has 0 bridgehead atoms. The third kappa shape index (κ3) is 4.04. The van der Waals surface area contributed by atoms with Crippen LogP contribution in [0, 0.1) is 0 Å². The number of benzene rings is 2. The van der Waals surface area contributed by atoms with Gasteiger partial charge >= 0.3 is 0 Å². The first kappa shape index (κ1) is 17.1. The second-order valence-corrected chi connectivity index (χ2v) is 8.50. The lowest BCUT2D eigenvalue weighted by Gasteiger charge is -2.33. The highest BCUT2D eigenvalue weighted by Gasteiger charge is 2.31. The highest BCUT2D eigenvalue weighted by molar-refractivity contribution is 7.89. The second kappa shape index (κ2) is 6.67. The van der Waals surface area contributed by atoms with E-state index >= 15 is 0 Å². The minimum Gasteiger partial charge on any atom is -0.390 e. The molecule has 0 aliphatic heterocycles. The van der Waals surface area contributed by atoms with Crippen LogP contribution < -0.4 is 4.72 Å². The molecule has 24 heavy (non-hydrogen) atoms. The molecule has 0 spiro atoms. The van der Waals surface area contributed by atoms with Crippen LogP contribution in [-0.2, 0) is 10.0 Å². The van der Waals surface area contributed by atoms with Crippen LogP contribution in [0.4, 0.5) is 0 Å². The van der Waals surface area contributed by atoms with E-state index in [2.05, 4.69) is 4.72 Å². The van der Waals surface area contributed by atoms with Crippen LogP contribution in [-0.4, -0.2) is 25.2 Å². The maximum Gasteiger partial charge on any atom is 0.240 e. The summed E-state index contributed by atoms with van der Waals surface area (Å²) in [6.45, 7) is 1.81. The van der Waals surface area contributed by atoms with Crippen molar-refractivity contribution in [2.24, 2.45) is 0 Å². The van der Waals surface area contributed by atoms with Gasteiger partial charge in [-0.25, -0.2) is 13.1 Å². The first-order chi connectivity index (χ1) is 11.4. The van der Waals surface area contributed by atoms with Crippen molar-refractivity contribution in [3.8, 4) is 11.1 Å². The van der Waals surface area contributed by atoms with Crippen LogP contribution in [0.15, 0.2) is 59.5 Å². The Bertz CT molecular complexity index is 773. The van der Waals surface area contributed by atoms with Gasteiger partial charge in [-0.1, -0.05) is 42.5 Å². The van der Waals surface area contributed by atoms with Gasteiger partial charge in [0.25, 0.3) is 0 Å². The molecule has 1 saturated carbocycles. The maximum absolute atomic E-state index is 12.5. The van der Waals surface area contributed by atoms with Gasteiger partial charge in [0.05, 0.1) is 10.5 Å². The van der Waals surface area contributed by atoms with Gasteiger partial charge in [-0.3, -0.25) is 0 Å². The molecule has 128 valence electrons. The zero-order chi connectivity index (χ0) is 17.2. The molecule has 1 aliphatic carbocycles. The Kier molecular flexibility index (Phi) is 4.76. The molecule has 0 aromatic heterocycles. The number of hydrogen-bond acceptors (Lipinski definition) is 3. The van der Waals surface area contributed by atoms with Crippen LogP contribution in [0.2, 0.25) is 0 Å². The largest absolute Gasteiger partial charge is 0.390 e. The molecular weight excluding hydrogens is 322 g/mol. The summed E-state index contributed by atoms with van der Waals surface area (Å²) in [6, 6.07) is 16.7. The summed E-state index contributed by atoms with van der Waals surface area (Å²) in [7, 11) is -3.53. The normalized spacial score (nSPS) is 24.7. The van der Waals surface area contributed by atoms with E-state index in [0.717, 1.165) is 11.1 Å². The quantitative estimate of drug-likeness (QED) is 0.893. The van der Waals surface area contributed by atoms with E-state index in [1.54, 1.807) is 19.1 Å². The molecule has 0 radical (unpaired) electrons. The molecule has 0 saturated heterocycles. The third-order valence-corrected chi connectivity index (χ3v) is 6.19. The van der Waals surface area contributed by atoms with Crippen molar-refractivity contribution in [3.63, 3.8) is 0 Å². The highest BCUT2D eigenvalue weighted by atomic mass is 32.2. The number of nitrogens with one attached hydrogen (secondary N) is 1. The van der Waals surface area contributed by atoms with Gasteiger partial charge < -0.3 is 5.11 Å². The Morgan fingerprint density at radius 2 is 1.50 bits per heavy atom. The lowest BCUT2D eigenvalue weighted by atomic mass is 9.84. The summed E-state index contributed by atoms with van der Waals surface area (Å²) in [5, 5.41) is 9.97. The van der Waals surface area contributed by atoms with E-state index in [1.807, 2.05) is 42.5 Å². The Labute approximate surface area is 143 Å². The zero-order valence-corrected chi connectivity index (χ0v) is 14.6. The molecule has 1 aliphatic rings.